The van der Waals surface area contributed by atoms with Crippen LogP contribution >= 0.6 is 12.4 Å². The van der Waals surface area contributed by atoms with E-state index in [0.717, 1.165) is 5.56 Å². The maximum atomic E-state index is 12.2. The molecule has 2 atom stereocenters. The summed E-state index contributed by atoms with van der Waals surface area (Å²) in [5, 5.41) is 9.26. The van der Waals surface area contributed by atoms with Gasteiger partial charge in [-0.05, 0) is 12.5 Å². The van der Waals surface area contributed by atoms with Crippen molar-refractivity contribution in [3.8, 4) is 0 Å². The van der Waals surface area contributed by atoms with E-state index in [1.165, 1.54) is 0 Å². The van der Waals surface area contributed by atoms with Gasteiger partial charge < -0.3 is 9.94 Å². The van der Waals surface area contributed by atoms with E-state index in [1.54, 1.807) is 26.0 Å². The molecular formula is C14H18ClNO4. The van der Waals surface area contributed by atoms with Crippen LogP contribution in [0.3, 0.4) is 0 Å². The van der Waals surface area contributed by atoms with Gasteiger partial charge in [-0.2, -0.15) is 5.48 Å². The van der Waals surface area contributed by atoms with Crippen LogP contribution in [0, 0.1) is 0 Å². The minimum absolute atomic E-state index is 0. The Balaban J connectivity index is 0.00000200. The molecule has 5 nitrogen and oxygen atoms in total. The summed E-state index contributed by atoms with van der Waals surface area (Å²) in [4.78, 5) is 23.9. The van der Waals surface area contributed by atoms with Crippen LogP contribution in [0.4, 0.5) is 0 Å². The molecule has 6 heteroatoms. The van der Waals surface area contributed by atoms with Crippen LogP contribution in [-0.2, 0) is 14.9 Å². The van der Waals surface area contributed by atoms with E-state index in [9.17, 15) is 14.8 Å². The molecule has 0 radical (unpaired) electrons. The number of rotatable bonds is 4. The summed E-state index contributed by atoms with van der Waals surface area (Å²) in [6.07, 6.45) is 0.0435. The fourth-order valence-corrected chi connectivity index (χ4v) is 2.71. The molecule has 110 valence electrons. The van der Waals surface area contributed by atoms with Crippen molar-refractivity contribution < 1.29 is 19.5 Å². The van der Waals surface area contributed by atoms with Crippen LogP contribution in [0.1, 0.15) is 36.2 Å². The quantitative estimate of drug-likeness (QED) is 0.655. The van der Waals surface area contributed by atoms with E-state index >= 15 is 0 Å². The first-order valence-electron chi connectivity index (χ1n) is 6.23. The third-order valence-corrected chi connectivity index (χ3v) is 3.65. The summed E-state index contributed by atoms with van der Waals surface area (Å²) >= 11 is 0. The first-order valence-corrected chi connectivity index (χ1v) is 6.23. The fraction of sp³-hybridized carbons (Fsp3) is 0.429. The van der Waals surface area contributed by atoms with Crippen LogP contribution in [0.2, 0.25) is 0 Å². The number of nitrogens with one attached hydrogen (secondary N) is 1. The Morgan fingerprint density at radius 2 is 2.10 bits per heavy atom. The Hall–Kier alpha value is -1.43. The number of esters is 1. The van der Waals surface area contributed by atoms with Crippen molar-refractivity contribution in [1.82, 2.24) is 5.48 Å². The molecule has 0 aliphatic heterocycles. The maximum Gasteiger partial charge on any atom is 0.306 e. The van der Waals surface area contributed by atoms with Crippen molar-refractivity contribution in [2.75, 3.05) is 6.61 Å². The summed E-state index contributed by atoms with van der Waals surface area (Å²) < 4.78 is 4.95. The first-order chi connectivity index (χ1) is 9.04. The van der Waals surface area contributed by atoms with E-state index in [0.29, 0.717) is 12.2 Å². The minimum Gasteiger partial charge on any atom is -0.466 e. The van der Waals surface area contributed by atoms with Gasteiger partial charge in [-0.1, -0.05) is 31.2 Å². The average molecular weight is 300 g/mol. The number of Topliss-reactive ketones (excluding diaryl/α,β-unsaturated/α-hetero) is 1. The van der Waals surface area contributed by atoms with Crippen LogP contribution < -0.4 is 5.48 Å². The lowest BCUT2D eigenvalue weighted by molar-refractivity contribution is -0.144. The Morgan fingerprint density at radius 1 is 1.45 bits per heavy atom. The van der Waals surface area contributed by atoms with Gasteiger partial charge >= 0.3 is 5.97 Å². The number of carbonyl (C=O) groups excluding carboxylic acids is 2. The molecule has 0 bridgehead atoms. The number of fused-ring (bicyclic) bond motifs is 1. The third-order valence-electron chi connectivity index (χ3n) is 3.65. The van der Waals surface area contributed by atoms with Crippen LogP contribution in [0.25, 0.3) is 0 Å². The molecule has 20 heavy (non-hydrogen) atoms. The van der Waals surface area contributed by atoms with Gasteiger partial charge in [0.2, 0.25) is 0 Å². The number of hydroxylamine groups is 1. The number of ether oxygens (including phenoxy) is 1. The standard InChI is InChI=1S/C14H17NO4.ClH/c1-3-19-11(16)8-14(2)10-7-5-4-6-9(10)12(17)13(14)15-18;/h4-7,13,15,18H,3,8H2,1-2H3;1H. The predicted octanol–water partition coefficient (Wildman–Crippen LogP) is 1.86. The van der Waals surface area contributed by atoms with Gasteiger partial charge in [0.25, 0.3) is 0 Å². The zero-order valence-corrected chi connectivity index (χ0v) is 12.2. The molecular weight excluding hydrogens is 282 g/mol. The Labute approximate surface area is 123 Å². The predicted molar refractivity (Wildman–Crippen MR) is 75.3 cm³/mol. The SMILES string of the molecule is CCOC(=O)CC1(C)c2ccccc2C(=O)C1NO.Cl. The van der Waals surface area contributed by atoms with Gasteiger partial charge in [-0.3, -0.25) is 9.59 Å². The van der Waals surface area contributed by atoms with Gasteiger partial charge in [0.1, 0.15) is 6.04 Å². The van der Waals surface area contributed by atoms with Crippen molar-refractivity contribution in [3.05, 3.63) is 35.4 Å². The number of ketones is 1. The molecule has 0 spiro atoms. The smallest absolute Gasteiger partial charge is 0.306 e. The van der Waals surface area contributed by atoms with E-state index < -0.39 is 11.5 Å². The molecule has 2 rings (SSSR count). The highest BCUT2D eigenvalue weighted by molar-refractivity contribution is 6.06. The molecule has 0 fully saturated rings. The highest BCUT2D eigenvalue weighted by Crippen LogP contribution is 2.41. The highest BCUT2D eigenvalue weighted by Gasteiger charge is 2.50. The van der Waals surface area contributed by atoms with Crippen molar-refractivity contribution in [1.29, 1.82) is 0 Å². The highest BCUT2D eigenvalue weighted by atomic mass is 35.5. The van der Waals surface area contributed by atoms with Crippen molar-refractivity contribution in [2.24, 2.45) is 0 Å². The number of hydrogen-bond acceptors (Lipinski definition) is 5. The molecule has 1 aromatic carbocycles. The third kappa shape index (κ3) is 2.57. The molecule has 0 amide bonds. The largest absolute Gasteiger partial charge is 0.466 e. The number of halogens is 1. The summed E-state index contributed by atoms with van der Waals surface area (Å²) in [7, 11) is 0. The van der Waals surface area contributed by atoms with Crippen LogP contribution in [0.15, 0.2) is 24.3 Å². The number of carbonyl (C=O) groups is 2. The Bertz CT molecular complexity index is 520. The maximum absolute atomic E-state index is 12.2. The molecule has 0 aromatic heterocycles. The summed E-state index contributed by atoms with van der Waals surface area (Å²) in [6.45, 7) is 3.80. The zero-order valence-electron chi connectivity index (χ0n) is 11.4. The van der Waals surface area contributed by atoms with Gasteiger partial charge in [-0.15, -0.1) is 12.4 Å². The van der Waals surface area contributed by atoms with Gasteiger partial charge in [0, 0.05) is 11.0 Å². The fourth-order valence-electron chi connectivity index (χ4n) is 2.71. The molecule has 2 unspecified atom stereocenters. The summed E-state index contributed by atoms with van der Waals surface area (Å²) in [5.41, 5.74) is 2.55. The minimum atomic E-state index is -0.825. The van der Waals surface area contributed by atoms with Crippen molar-refractivity contribution in [2.45, 2.75) is 31.7 Å². The Morgan fingerprint density at radius 3 is 2.70 bits per heavy atom. The lowest BCUT2D eigenvalue weighted by Gasteiger charge is -2.29. The summed E-state index contributed by atoms with van der Waals surface area (Å²) in [5.74, 6) is -0.584. The number of benzene rings is 1. The molecule has 0 saturated carbocycles. The normalized spacial score (nSPS) is 23.9. The second-order valence-corrected chi connectivity index (χ2v) is 4.87. The average Bonchev–Trinajstić information content (AvgIpc) is 2.59. The van der Waals surface area contributed by atoms with Gasteiger partial charge in [0.15, 0.2) is 5.78 Å². The second-order valence-electron chi connectivity index (χ2n) is 4.87. The zero-order chi connectivity index (χ0) is 14.0. The van der Waals surface area contributed by atoms with E-state index in [4.69, 9.17) is 4.74 Å². The molecule has 1 aliphatic carbocycles. The van der Waals surface area contributed by atoms with Gasteiger partial charge in [0.05, 0.1) is 13.0 Å². The van der Waals surface area contributed by atoms with Crippen molar-refractivity contribution >= 4 is 24.2 Å². The van der Waals surface area contributed by atoms with Crippen LogP contribution in [-0.4, -0.2) is 29.6 Å². The lowest BCUT2D eigenvalue weighted by Crippen LogP contribution is -2.46. The Kier molecular flexibility index (Phi) is 5.28. The molecule has 1 aliphatic rings. The lowest BCUT2D eigenvalue weighted by atomic mass is 9.78. The van der Waals surface area contributed by atoms with Gasteiger partial charge in [-0.25, -0.2) is 0 Å². The second kappa shape index (κ2) is 6.35. The van der Waals surface area contributed by atoms with E-state index in [1.807, 2.05) is 17.6 Å². The topological polar surface area (TPSA) is 75.6 Å². The molecule has 1 aromatic rings. The monoisotopic (exact) mass is 299 g/mol. The van der Waals surface area contributed by atoms with E-state index in [-0.39, 0.29) is 30.6 Å². The molecule has 0 saturated heterocycles. The molecule has 2 N–H and O–H groups in total. The summed E-state index contributed by atoms with van der Waals surface area (Å²) in [6, 6.07) is 6.27. The van der Waals surface area contributed by atoms with Crippen molar-refractivity contribution in [3.63, 3.8) is 0 Å². The van der Waals surface area contributed by atoms with E-state index in [2.05, 4.69) is 0 Å². The first kappa shape index (κ1) is 16.6. The number of hydrogen-bond donors (Lipinski definition) is 2. The molecule has 0 heterocycles. The van der Waals surface area contributed by atoms with Crippen LogP contribution in [0.5, 0.6) is 0 Å².